The first-order valence-electron chi connectivity index (χ1n) is 11.0. The van der Waals surface area contributed by atoms with Crippen LogP contribution in [-0.2, 0) is 16.6 Å². The zero-order chi connectivity index (χ0) is 22.1. The van der Waals surface area contributed by atoms with Crippen molar-refractivity contribution in [3.63, 3.8) is 0 Å². The van der Waals surface area contributed by atoms with E-state index in [-0.39, 0.29) is 16.8 Å². The molecule has 4 heterocycles. The van der Waals surface area contributed by atoms with Crippen LogP contribution in [0.3, 0.4) is 0 Å². The van der Waals surface area contributed by atoms with Gasteiger partial charge in [0.15, 0.2) is 0 Å². The van der Waals surface area contributed by atoms with Gasteiger partial charge in [0, 0.05) is 37.1 Å². The Kier molecular flexibility index (Phi) is 5.98. The van der Waals surface area contributed by atoms with Gasteiger partial charge in [0.25, 0.3) is 5.91 Å². The Bertz CT molecular complexity index is 1180. The number of hydrogen-bond donors (Lipinski definition) is 3. The highest BCUT2D eigenvalue weighted by molar-refractivity contribution is 7.89. The minimum Gasteiger partial charge on any atom is -0.347 e. The van der Waals surface area contributed by atoms with Gasteiger partial charge in [-0.2, -0.15) is 0 Å². The lowest BCUT2D eigenvalue weighted by Gasteiger charge is -2.40. The summed E-state index contributed by atoms with van der Waals surface area (Å²) in [6.07, 6.45) is 8.60. The average molecular weight is 471 g/mol. The molecule has 0 spiro atoms. The van der Waals surface area contributed by atoms with Crippen LogP contribution >= 0.6 is 11.3 Å². The number of carbonyl (C=O) groups is 1. The van der Waals surface area contributed by atoms with Crippen LogP contribution in [0.4, 0.5) is 0 Å². The third-order valence-electron chi connectivity index (χ3n) is 6.27. The average Bonchev–Trinajstić information content (AvgIpc) is 3.22. The molecular weight excluding hydrogens is 444 g/mol. The summed E-state index contributed by atoms with van der Waals surface area (Å²) in [5.41, 5.74) is 0.844. The number of pyridine rings is 1. The van der Waals surface area contributed by atoms with Crippen LogP contribution in [0.1, 0.15) is 47.3 Å². The van der Waals surface area contributed by atoms with E-state index in [1.54, 1.807) is 36.7 Å². The summed E-state index contributed by atoms with van der Waals surface area (Å²) < 4.78 is 29.6. The quantitative estimate of drug-likeness (QED) is 0.514. The lowest BCUT2D eigenvalue weighted by molar-refractivity contribution is 0.0955. The van der Waals surface area contributed by atoms with E-state index >= 15 is 0 Å². The Morgan fingerprint density at radius 1 is 1.12 bits per heavy atom. The highest BCUT2D eigenvalue weighted by Gasteiger charge is 2.33. The molecule has 5 rings (SSSR count). The monoisotopic (exact) mass is 470 g/mol. The lowest BCUT2D eigenvalue weighted by atomic mass is 9.84. The molecule has 9 heteroatoms. The van der Waals surface area contributed by atoms with Gasteiger partial charge in [-0.15, -0.1) is 11.3 Å². The number of aromatic nitrogens is 1. The number of nitrogens with one attached hydrogen (secondary N) is 3. The molecule has 2 aliphatic heterocycles. The summed E-state index contributed by atoms with van der Waals surface area (Å²) in [6.45, 7) is 0.330. The molecule has 1 amide bonds. The van der Waals surface area contributed by atoms with Crippen LogP contribution in [-0.4, -0.2) is 37.4 Å². The molecule has 2 saturated heterocycles. The molecule has 168 valence electrons. The van der Waals surface area contributed by atoms with Gasteiger partial charge < -0.3 is 10.6 Å². The Morgan fingerprint density at radius 3 is 2.59 bits per heavy atom. The second-order valence-corrected chi connectivity index (χ2v) is 11.4. The number of benzene rings is 1. The molecule has 0 radical (unpaired) electrons. The van der Waals surface area contributed by atoms with Crippen LogP contribution in [0.5, 0.6) is 0 Å². The van der Waals surface area contributed by atoms with Crippen molar-refractivity contribution < 1.29 is 13.2 Å². The van der Waals surface area contributed by atoms with E-state index in [4.69, 9.17) is 0 Å². The van der Waals surface area contributed by atoms with E-state index in [2.05, 4.69) is 20.3 Å². The number of sulfonamides is 1. The molecule has 7 nitrogen and oxygen atoms in total. The van der Waals surface area contributed by atoms with E-state index in [0.717, 1.165) is 41.3 Å². The standard InChI is InChI=1S/C23H26N4O3S2/c28-23(21-10-16-8-9-24-14-22(16)31-21)25-13-15-4-6-20(7-5-15)32(29,30)27-19-11-17-2-1-3-18(12-19)26-17/h4-10,14,17-19,26-27H,1-3,11-13H2,(H,25,28). The molecule has 3 N–H and O–H groups in total. The number of rotatable bonds is 6. The molecule has 32 heavy (non-hydrogen) atoms. The molecule has 2 bridgehead atoms. The molecule has 2 aromatic heterocycles. The zero-order valence-electron chi connectivity index (χ0n) is 17.6. The number of hydrogen-bond acceptors (Lipinski definition) is 6. The van der Waals surface area contributed by atoms with E-state index in [9.17, 15) is 13.2 Å². The van der Waals surface area contributed by atoms with Crippen molar-refractivity contribution in [3.8, 4) is 0 Å². The molecule has 2 unspecified atom stereocenters. The van der Waals surface area contributed by atoms with Gasteiger partial charge in [-0.05, 0) is 60.9 Å². The minimum absolute atomic E-state index is 0.0213. The van der Waals surface area contributed by atoms with E-state index in [0.29, 0.717) is 23.5 Å². The van der Waals surface area contributed by atoms with Crippen molar-refractivity contribution in [3.05, 3.63) is 59.2 Å². The fourth-order valence-electron chi connectivity index (χ4n) is 4.70. The Balaban J connectivity index is 1.19. The molecule has 0 aliphatic carbocycles. The third-order valence-corrected chi connectivity index (χ3v) is 8.89. The predicted octanol–water partition coefficient (Wildman–Crippen LogP) is 3.18. The molecule has 2 aliphatic rings. The van der Waals surface area contributed by atoms with Crippen molar-refractivity contribution in [1.29, 1.82) is 0 Å². The summed E-state index contributed by atoms with van der Waals surface area (Å²) in [7, 11) is -3.57. The third kappa shape index (κ3) is 4.71. The fraction of sp³-hybridized carbons (Fsp3) is 0.391. The van der Waals surface area contributed by atoms with Gasteiger partial charge >= 0.3 is 0 Å². The molecule has 1 aromatic carbocycles. The molecule has 2 atom stereocenters. The second kappa shape index (κ2) is 8.90. The van der Waals surface area contributed by atoms with Crippen LogP contribution < -0.4 is 15.4 Å². The van der Waals surface area contributed by atoms with E-state index in [1.807, 2.05) is 12.1 Å². The Morgan fingerprint density at radius 2 is 1.88 bits per heavy atom. The number of piperidine rings is 2. The summed E-state index contributed by atoms with van der Waals surface area (Å²) in [6, 6.07) is 11.3. The highest BCUT2D eigenvalue weighted by Crippen LogP contribution is 2.27. The maximum atomic E-state index is 12.9. The maximum absolute atomic E-state index is 12.9. The summed E-state index contributed by atoms with van der Waals surface area (Å²) in [4.78, 5) is 17.5. The fourth-order valence-corrected chi connectivity index (χ4v) is 6.91. The summed E-state index contributed by atoms with van der Waals surface area (Å²) in [5, 5.41) is 7.48. The number of fused-ring (bicyclic) bond motifs is 3. The topological polar surface area (TPSA) is 100 Å². The minimum atomic E-state index is -3.57. The van der Waals surface area contributed by atoms with Crippen LogP contribution in [0, 0.1) is 0 Å². The molecule has 0 saturated carbocycles. The molecule has 2 fully saturated rings. The molecular formula is C23H26N4O3S2. The van der Waals surface area contributed by atoms with E-state index in [1.165, 1.54) is 17.8 Å². The largest absolute Gasteiger partial charge is 0.347 e. The SMILES string of the molecule is O=C(NCc1ccc(S(=O)(=O)NC2CC3CCCC(C2)N3)cc1)c1cc2ccncc2s1. The van der Waals surface area contributed by atoms with Gasteiger partial charge in [0.1, 0.15) is 0 Å². The Labute approximate surface area is 191 Å². The van der Waals surface area contributed by atoms with Crippen LogP contribution in [0.2, 0.25) is 0 Å². The highest BCUT2D eigenvalue weighted by atomic mass is 32.2. The first kappa shape index (κ1) is 21.5. The predicted molar refractivity (Wildman–Crippen MR) is 125 cm³/mol. The van der Waals surface area contributed by atoms with Crippen LogP contribution in [0.15, 0.2) is 53.7 Å². The van der Waals surface area contributed by atoms with Gasteiger partial charge in [-0.1, -0.05) is 18.6 Å². The Hall–Kier alpha value is -2.33. The summed E-state index contributed by atoms with van der Waals surface area (Å²) in [5.74, 6) is -0.152. The number of nitrogens with zero attached hydrogens (tertiary/aromatic N) is 1. The first-order valence-corrected chi connectivity index (χ1v) is 13.3. The van der Waals surface area contributed by atoms with Crippen molar-refractivity contribution in [2.45, 2.75) is 61.7 Å². The molecule has 3 aromatic rings. The van der Waals surface area contributed by atoms with Gasteiger partial charge in [0.2, 0.25) is 10.0 Å². The van der Waals surface area contributed by atoms with Gasteiger partial charge in [-0.3, -0.25) is 9.78 Å². The summed E-state index contributed by atoms with van der Waals surface area (Å²) >= 11 is 1.40. The lowest BCUT2D eigenvalue weighted by Crippen LogP contribution is -2.54. The first-order chi connectivity index (χ1) is 15.5. The smallest absolute Gasteiger partial charge is 0.261 e. The van der Waals surface area contributed by atoms with Crippen molar-refractivity contribution in [2.75, 3.05) is 0 Å². The van der Waals surface area contributed by atoms with Gasteiger partial charge in [0.05, 0.1) is 14.5 Å². The maximum Gasteiger partial charge on any atom is 0.261 e. The zero-order valence-corrected chi connectivity index (χ0v) is 19.2. The van der Waals surface area contributed by atoms with Crippen molar-refractivity contribution in [2.24, 2.45) is 0 Å². The van der Waals surface area contributed by atoms with Crippen LogP contribution in [0.25, 0.3) is 10.1 Å². The normalized spacial score (nSPS) is 23.2. The van der Waals surface area contributed by atoms with Crippen molar-refractivity contribution in [1.82, 2.24) is 20.3 Å². The van der Waals surface area contributed by atoms with E-state index < -0.39 is 10.0 Å². The second-order valence-electron chi connectivity index (χ2n) is 8.63. The van der Waals surface area contributed by atoms with Gasteiger partial charge in [-0.25, -0.2) is 13.1 Å². The number of carbonyl (C=O) groups excluding carboxylic acids is 1. The number of thiophene rings is 1. The van der Waals surface area contributed by atoms with Crippen molar-refractivity contribution >= 4 is 37.4 Å². The number of amides is 1.